The third-order valence-electron chi connectivity index (χ3n) is 3.48. The molecule has 0 aromatic heterocycles. The van der Waals surface area contributed by atoms with Gasteiger partial charge in [-0.3, -0.25) is 4.79 Å². The highest BCUT2D eigenvalue weighted by molar-refractivity contribution is 5.90. The molecule has 0 bridgehead atoms. The number of benzene rings is 1. The molecule has 0 fully saturated rings. The summed E-state index contributed by atoms with van der Waals surface area (Å²) >= 11 is 0. The van der Waals surface area contributed by atoms with Crippen molar-refractivity contribution < 1.29 is 4.79 Å². The minimum atomic E-state index is 0.0708. The highest BCUT2D eigenvalue weighted by Gasteiger charge is 2.05. The van der Waals surface area contributed by atoms with Gasteiger partial charge in [0.2, 0.25) is 5.91 Å². The van der Waals surface area contributed by atoms with E-state index in [4.69, 9.17) is 5.73 Å². The van der Waals surface area contributed by atoms with Crippen molar-refractivity contribution in [1.29, 1.82) is 0 Å². The number of nitrogens with zero attached hydrogens (tertiary/aromatic N) is 1. The highest BCUT2D eigenvalue weighted by atomic mass is 16.1. The molecule has 1 aromatic rings. The molecule has 1 rings (SSSR count). The van der Waals surface area contributed by atoms with Gasteiger partial charge in [0, 0.05) is 18.7 Å². The van der Waals surface area contributed by atoms with E-state index in [1.54, 1.807) is 0 Å². The summed E-state index contributed by atoms with van der Waals surface area (Å²) in [5, 5.41) is 2.93. The summed E-state index contributed by atoms with van der Waals surface area (Å²) < 4.78 is 0. The summed E-state index contributed by atoms with van der Waals surface area (Å²) in [5.74, 6) is 0.798. The van der Waals surface area contributed by atoms with E-state index in [0.717, 1.165) is 36.7 Å². The molecular weight excluding hydrogens is 262 g/mol. The van der Waals surface area contributed by atoms with Crippen LogP contribution in [0.25, 0.3) is 0 Å². The monoisotopic (exact) mass is 291 g/mol. The van der Waals surface area contributed by atoms with Crippen LogP contribution in [-0.2, 0) is 11.3 Å². The van der Waals surface area contributed by atoms with E-state index in [9.17, 15) is 4.79 Å². The minimum Gasteiger partial charge on any atom is -0.326 e. The van der Waals surface area contributed by atoms with Crippen molar-refractivity contribution in [1.82, 2.24) is 4.90 Å². The van der Waals surface area contributed by atoms with Crippen LogP contribution in [0.1, 0.15) is 38.7 Å². The smallest absolute Gasteiger partial charge is 0.224 e. The molecule has 0 unspecified atom stereocenters. The first-order valence-electron chi connectivity index (χ1n) is 7.78. The van der Waals surface area contributed by atoms with Gasteiger partial charge in [-0.15, -0.1) is 0 Å². The summed E-state index contributed by atoms with van der Waals surface area (Å²) in [6.07, 6.45) is 2.64. The Hall–Kier alpha value is -1.39. The average Bonchev–Trinajstić information content (AvgIpc) is 2.45. The van der Waals surface area contributed by atoms with Gasteiger partial charge in [0.15, 0.2) is 0 Å². The number of carbonyl (C=O) groups is 1. The standard InChI is InChI=1S/C17H29N3O/c1-14(2)9-11-20(3)10-5-8-17(21)19-16-7-4-6-15(12-16)13-18/h4,6-7,12,14H,5,8-11,13,18H2,1-3H3,(H,19,21). The lowest BCUT2D eigenvalue weighted by Crippen LogP contribution is -2.23. The maximum atomic E-state index is 11.9. The Balaban J connectivity index is 2.24. The Morgan fingerprint density at radius 2 is 2.10 bits per heavy atom. The molecule has 0 saturated heterocycles. The van der Waals surface area contributed by atoms with Gasteiger partial charge in [0.05, 0.1) is 0 Å². The molecule has 4 nitrogen and oxygen atoms in total. The molecule has 0 spiro atoms. The normalized spacial score (nSPS) is 11.1. The predicted octanol–water partition coefficient (Wildman–Crippen LogP) is 2.84. The number of nitrogens with one attached hydrogen (secondary N) is 1. The molecule has 0 aliphatic carbocycles. The van der Waals surface area contributed by atoms with Gasteiger partial charge in [-0.05, 0) is 56.6 Å². The van der Waals surface area contributed by atoms with Crippen LogP contribution >= 0.6 is 0 Å². The Bertz CT molecular complexity index is 432. The summed E-state index contributed by atoms with van der Waals surface area (Å²) in [6.45, 7) is 7.01. The molecule has 0 atom stereocenters. The fourth-order valence-electron chi connectivity index (χ4n) is 2.10. The summed E-state index contributed by atoms with van der Waals surface area (Å²) in [5.41, 5.74) is 7.45. The van der Waals surface area contributed by atoms with Crippen LogP contribution in [0.3, 0.4) is 0 Å². The molecule has 0 radical (unpaired) electrons. The van der Waals surface area contributed by atoms with E-state index < -0.39 is 0 Å². The molecule has 1 aromatic carbocycles. The number of rotatable bonds is 9. The Kier molecular flexibility index (Phi) is 8.01. The number of nitrogens with two attached hydrogens (primary N) is 1. The van der Waals surface area contributed by atoms with Crippen molar-refractivity contribution in [3.05, 3.63) is 29.8 Å². The van der Waals surface area contributed by atoms with Crippen molar-refractivity contribution in [2.24, 2.45) is 11.7 Å². The van der Waals surface area contributed by atoms with E-state index in [1.165, 1.54) is 6.42 Å². The third-order valence-corrected chi connectivity index (χ3v) is 3.48. The maximum absolute atomic E-state index is 11.9. The van der Waals surface area contributed by atoms with Gasteiger partial charge in [0.25, 0.3) is 0 Å². The zero-order valence-corrected chi connectivity index (χ0v) is 13.6. The minimum absolute atomic E-state index is 0.0708. The van der Waals surface area contributed by atoms with Crippen molar-refractivity contribution in [2.75, 3.05) is 25.5 Å². The van der Waals surface area contributed by atoms with Crippen LogP contribution in [0.2, 0.25) is 0 Å². The number of hydrogen-bond acceptors (Lipinski definition) is 3. The molecule has 3 N–H and O–H groups in total. The zero-order valence-electron chi connectivity index (χ0n) is 13.6. The van der Waals surface area contributed by atoms with Gasteiger partial charge >= 0.3 is 0 Å². The largest absolute Gasteiger partial charge is 0.326 e. The first-order valence-corrected chi connectivity index (χ1v) is 7.78. The van der Waals surface area contributed by atoms with Crippen LogP contribution in [0, 0.1) is 5.92 Å². The predicted molar refractivity (Wildman–Crippen MR) is 89.1 cm³/mol. The molecule has 0 aliphatic heterocycles. The fraction of sp³-hybridized carbons (Fsp3) is 0.588. The Morgan fingerprint density at radius 3 is 2.76 bits per heavy atom. The lowest BCUT2D eigenvalue weighted by molar-refractivity contribution is -0.116. The third kappa shape index (κ3) is 7.83. The lowest BCUT2D eigenvalue weighted by Gasteiger charge is -2.17. The molecular formula is C17H29N3O. The number of amides is 1. The maximum Gasteiger partial charge on any atom is 0.224 e. The van der Waals surface area contributed by atoms with Crippen molar-refractivity contribution in [2.45, 2.75) is 39.7 Å². The van der Waals surface area contributed by atoms with Gasteiger partial charge in [0.1, 0.15) is 0 Å². The molecule has 0 aliphatic rings. The van der Waals surface area contributed by atoms with E-state index in [2.05, 4.69) is 31.1 Å². The zero-order chi connectivity index (χ0) is 15.7. The first-order chi connectivity index (χ1) is 10.0. The van der Waals surface area contributed by atoms with Crippen LogP contribution in [0.5, 0.6) is 0 Å². The lowest BCUT2D eigenvalue weighted by atomic mass is 10.1. The van der Waals surface area contributed by atoms with Crippen molar-refractivity contribution in [3.63, 3.8) is 0 Å². The summed E-state index contributed by atoms with van der Waals surface area (Å²) in [4.78, 5) is 14.2. The van der Waals surface area contributed by atoms with Crippen LogP contribution in [0.4, 0.5) is 5.69 Å². The van der Waals surface area contributed by atoms with Gasteiger partial charge in [-0.2, -0.15) is 0 Å². The van der Waals surface area contributed by atoms with Crippen LogP contribution in [-0.4, -0.2) is 30.9 Å². The second-order valence-corrected chi connectivity index (χ2v) is 6.04. The number of hydrogen-bond donors (Lipinski definition) is 2. The van der Waals surface area contributed by atoms with Gasteiger partial charge < -0.3 is 16.0 Å². The van der Waals surface area contributed by atoms with Gasteiger partial charge in [-0.25, -0.2) is 0 Å². The van der Waals surface area contributed by atoms with E-state index in [1.807, 2.05) is 24.3 Å². The second kappa shape index (κ2) is 9.53. The highest BCUT2D eigenvalue weighted by Crippen LogP contribution is 2.11. The Labute approximate surface area is 128 Å². The van der Waals surface area contributed by atoms with E-state index in [-0.39, 0.29) is 5.91 Å². The topological polar surface area (TPSA) is 58.4 Å². The number of carbonyl (C=O) groups excluding carboxylic acids is 1. The van der Waals surface area contributed by atoms with Crippen LogP contribution in [0.15, 0.2) is 24.3 Å². The molecule has 4 heteroatoms. The Morgan fingerprint density at radius 1 is 1.33 bits per heavy atom. The van der Waals surface area contributed by atoms with Crippen LogP contribution < -0.4 is 11.1 Å². The first kappa shape index (κ1) is 17.7. The fourth-order valence-corrected chi connectivity index (χ4v) is 2.10. The quantitative estimate of drug-likeness (QED) is 0.735. The molecule has 0 heterocycles. The molecule has 21 heavy (non-hydrogen) atoms. The second-order valence-electron chi connectivity index (χ2n) is 6.04. The van der Waals surface area contributed by atoms with Crippen molar-refractivity contribution in [3.8, 4) is 0 Å². The van der Waals surface area contributed by atoms with E-state index >= 15 is 0 Å². The molecule has 1 amide bonds. The summed E-state index contributed by atoms with van der Waals surface area (Å²) in [7, 11) is 2.12. The number of anilines is 1. The molecule has 118 valence electrons. The average molecular weight is 291 g/mol. The summed E-state index contributed by atoms with van der Waals surface area (Å²) in [6, 6.07) is 7.69. The van der Waals surface area contributed by atoms with E-state index in [0.29, 0.717) is 13.0 Å². The SMILES string of the molecule is CC(C)CCN(C)CCCC(=O)Nc1cccc(CN)c1. The van der Waals surface area contributed by atoms with Crippen molar-refractivity contribution >= 4 is 11.6 Å². The van der Waals surface area contributed by atoms with Gasteiger partial charge in [-0.1, -0.05) is 26.0 Å². The molecule has 0 saturated carbocycles.